The molecule has 6 rings (SSSR count). The summed E-state index contributed by atoms with van der Waals surface area (Å²) in [5.74, 6) is 0.538. The molecule has 3 N–H and O–H groups in total. The highest BCUT2D eigenvalue weighted by Crippen LogP contribution is 2.42. The Morgan fingerprint density at radius 1 is 1.26 bits per heavy atom. The number of methoxy groups -OCH3 is 1. The summed E-state index contributed by atoms with van der Waals surface area (Å²) < 4.78 is 48.6. The molecule has 1 aromatic carbocycles. The number of alkyl halides is 3. The van der Waals surface area contributed by atoms with Crippen LogP contribution in [0.3, 0.4) is 0 Å². The number of carbonyl (C=O) groups is 1. The lowest BCUT2D eigenvalue weighted by Crippen LogP contribution is -2.33. The van der Waals surface area contributed by atoms with Crippen molar-refractivity contribution in [2.75, 3.05) is 7.11 Å². The van der Waals surface area contributed by atoms with E-state index in [2.05, 4.69) is 15.4 Å². The maximum absolute atomic E-state index is 13.3. The number of benzene rings is 1. The molecule has 0 radical (unpaired) electrons. The average molecular weight is 629 g/mol. The molecule has 4 aromatic heterocycles. The fourth-order valence-electron chi connectivity index (χ4n) is 5.04. The molecule has 0 aliphatic heterocycles. The summed E-state index contributed by atoms with van der Waals surface area (Å²) in [5.41, 5.74) is 8.39. The van der Waals surface area contributed by atoms with E-state index in [-0.39, 0.29) is 6.04 Å². The van der Waals surface area contributed by atoms with Crippen molar-refractivity contribution in [3.8, 4) is 33.0 Å². The highest BCUT2D eigenvalue weighted by atomic mass is 35.5. The molecule has 0 saturated heterocycles. The number of ether oxygens (including phenoxy) is 1. The lowest BCUT2D eigenvalue weighted by atomic mass is 10.0. The van der Waals surface area contributed by atoms with Gasteiger partial charge in [-0.2, -0.15) is 18.3 Å². The van der Waals surface area contributed by atoms with E-state index in [1.54, 1.807) is 36.7 Å². The summed E-state index contributed by atoms with van der Waals surface area (Å²) in [4.78, 5) is 17.9. The number of aromatic nitrogens is 6. The Balaban J connectivity index is 1.39. The van der Waals surface area contributed by atoms with Crippen LogP contribution in [0.25, 0.3) is 27.3 Å². The molecule has 222 valence electrons. The van der Waals surface area contributed by atoms with Gasteiger partial charge >= 0.3 is 11.9 Å². The summed E-state index contributed by atoms with van der Waals surface area (Å²) in [6, 6.07) is 8.23. The van der Waals surface area contributed by atoms with Crippen molar-refractivity contribution in [3.05, 3.63) is 82.0 Å². The molecule has 1 saturated carbocycles. The van der Waals surface area contributed by atoms with Gasteiger partial charge in [-0.25, -0.2) is 0 Å². The lowest BCUT2D eigenvalue weighted by molar-refractivity contribution is -0.659. The third-order valence-corrected chi connectivity index (χ3v) is 8.91. The van der Waals surface area contributed by atoms with Crippen molar-refractivity contribution in [1.29, 1.82) is 0 Å². The number of aryl methyl sites for hydroxylation is 1. The standard InChI is InChI=1S/C29H25ClF3N7O2S/c1-15-7-25(28(34)41)43-27(15)17-11-36-39(13-17)23(8-16-3-4-16)21-10-24(42-2)20(12-35-21)19-9-18(30)5-6-22(19)40-14-26(37-38-40)29(31,32)33/h5-7,9-14,16,23H,3-4,8H2,1-2H3,(H2,34,41)/p+1/t23-/m1/s1. The summed E-state index contributed by atoms with van der Waals surface area (Å²) >= 11 is 7.65. The summed E-state index contributed by atoms with van der Waals surface area (Å²) in [6.07, 6.45) is 4.69. The fourth-order valence-corrected chi connectivity index (χ4v) is 6.21. The van der Waals surface area contributed by atoms with Crippen molar-refractivity contribution < 1.29 is 27.4 Å². The highest BCUT2D eigenvalue weighted by molar-refractivity contribution is 7.17. The van der Waals surface area contributed by atoms with Crippen molar-refractivity contribution in [2.24, 2.45) is 11.7 Å². The number of rotatable bonds is 9. The van der Waals surface area contributed by atoms with Crippen LogP contribution in [0.4, 0.5) is 13.2 Å². The summed E-state index contributed by atoms with van der Waals surface area (Å²) in [5, 5.41) is 10.9. The number of primary amides is 1. The topological polar surface area (TPSA) is 116 Å². The van der Waals surface area contributed by atoms with Gasteiger partial charge in [-0.3, -0.25) is 14.5 Å². The first-order valence-electron chi connectivity index (χ1n) is 13.3. The van der Waals surface area contributed by atoms with Gasteiger partial charge in [-0.1, -0.05) is 29.7 Å². The Bertz CT molecular complexity index is 1830. The Hall–Kier alpha value is -4.23. The fraction of sp³-hybridized carbons (Fsp3) is 0.276. The molecule has 43 heavy (non-hydrogen) atoms. The molecule has 1 amide bonds. The van der Waals surface area contributed by atoms with E-state index < -0.39 is 17.8 Å². The Labute approximate surface area is 253 Å². The van der Waals surface area contributed by atoms with Gasteiger partial charge in [0, 0.05) is 45.1 Å². The van der Waals surface area contributed by atoms with Crippen LogP contribution < -0.4 is 15.2 Å². The third-order valence-electron chi connectivity index (χ3n) is 7.37. The number of hydrogen-bond donors (Lipinski definition) is 2. The number of nitrogens with one attached hydrogen (secondary N) is 1. The largest absolute Gasteiger partial charge is 0.496 e. The van der Waals surface area contributed by atoms with E-state index in [0.717, 1.165) is 47.2 Å². The number of aromatic amines is 1. The quantitative estimate of drug-likeness (QED) is 0.190. The highest BCUT2D eigenvalue weighted by Gasteiger charge is 2.41. The van der Waals surface area contributed by atoms with Crippen LogP contribution in [0.1, 0.15) is 51.9 Å². The van der Waals surface area contributed by atoms with Crippen LogP contribution in [-0.2, 0) is 6.18 Å². The van der Waals surface area contributed by atoms with Gasteiger partial charge in [0.05, 0.1) is 35.0 Å². The SMILES string of the molecule is COc1cc([C@@H](CC2CC2)n2cc(-c3sc(C(N)=O)cc3C)cn2)ncc1-c1cc(Cl)ccc1-[n+]1cc(C(F)(F)F)n[nH]1. The number of halogens is 4. The number of carbonyl (C=O) groups excluding carboxylic acids is 1. The molecule has 1 aliphatic carbocycles. The van der Waals surface area contributed by atoms with E-state index in [4.69, 9.17) is 27.1 Å². The smallest absolute Gasteiger partial charge is 0.464 e. The second-order valence-electron chi connectivity index (χ2n) is 10.5. The number of pyridine rings is 1. The average Bonchev–Trinajstić information content (AvgIpc) is 3.31. The van der Waals surface area contributed by atoms with Crippen LogP contribution in [0.15, 0.2) is 55.1 Å². The van der Waals surface area contributed by atoms with Crippen molar-refractivity contribution in [3.63, 3.8) is 0 Å². The minimum absolute atomic E-state index is 0.199. The molecular formula is C29H26ClF3N7O2S+. The van der Waals surface area contributed by atoms with Gasteiger partial charge in [0.25, 0.3) is 5.91 Å². The zero-order valence-electron chi connectivity index (χ0n) is 23.0. The Morgan fingerprint density at radius 3 is 2.70 bits per heavy atom. The molecule has 1 atom stereocenters. The first kappa shape index (κ1) is 28.9. The van der Waals surface area contributed by atoms with Gasteiger partial charge in [-0.05, 0) is 49.1 Å². The lowest BCUT2D eigenvalue weighted by Gasteiger charge is -2.19. The molecule has 0 spiro atoms. The summed E-state index contributed by atoms with van der Waals surface area (Å²) in [6.45, 7) is 1.93. The molecule has 4 heterocycles. The molecule has 1 aliphatic rings. The molecule has 0 unspecified atom stereocenters. The normalized spacial score (nSPS) is 14.2. The van der Waals surface area contributed by atoms with Crippen LogP contribution in [0.2, 0.25) is 5.02 Å². The maximum atomic E-state index is 13.3. The minimum Gasteiger partial charge on any atom is -0.496 e. The minimum atomic E-state index is -4.61. The second kappa shape index (κ2) is 11.1. The molecule has 14 heteroatoms. The predicted molar refractivity (Wildman–Crippen MR) is 154 cm³/mol. The van der Waals surface area contributed by atoms with Gasteiger partial charge in [0.15, 0.2) is 11.9 Å². The third kappa shape index (κ3) is 5.87. The number of amides is 1. The number of hydrogen-bond acceptors (Lipinski definition) is 6. The monoisotopic (exact) mass is 628 g/mol. The van der Waals surface area contributed by atoms with Crippen LogP contribution in [-0.4, -0.2) is 38.1 Å². The van der Waals surface area contributed by atoms with Crippen LogP contribution >= 0.6 is 22.9 Å². The van der Waals surface area contributed by atoms with Gasteiger partial charge < -0.3 is 10.5 Å². The maximum Gasteiger partial charge on any atom is 0.464 e. The zero-order chi connectivity index (χ0) is 30.5. The molecule has 9 nitrogen and oxygen atoms in total. The van der Waals surface area contributed by atoms with Gasteiger partial charge in [0.2, 0.25) is 0 Å². The number of thiophene rings is 1. The molecule has 1 fully saturated rings. The molecule has 5 aromatic rings. The first-order valence-corrected chi connectivity index (χ1v) is 14.5. The zero-order valence-corrected chi connectivity index (χ0v) is 24.6. The molecule has 0 bridgehead atoms. The van der Waals surface area contributed by atoms with E-state index in [0.29, 0.717) is 38.4 Å². The van der Waals surface area contributed by atoms with E-state index in [9.17, 15) is 18.0 Å². The number of nitrogens with two attached hydrogens (primary N) is 1. The first-order chi connectivity index (χ1) is 20.5. The van der Waals surface area contributed by atoms with Crippen molar-refractivity contribution in [1.82, 2.24) is 25.1 Å². The number of H-pyrrole nitrogens is 1. The van der Waals surface area contributed by atoms with E-state index >= 15 is 0 Å². The Morgan fingerprint density at radius 2 is 2.05 bits per heavy atom. The van der Waals surface area contributed by atoms with Crippen LogP contribution in [0.5, 0.6) is 5.75 Å². The van der Waals surface area contributed by atoms with E-state index in [1.165, 1.54) is 23.1 Å². The molecular weight excluding hydrogens is 603 g/mol. The van der Waals surface area contributed by atoms with Gasteiger partial charge in [0.1, 0.15) is 5.75 Å². The van der Waals surface area contributed by atoms with Crippen LogP contribution in [0, 0.1) is 12.8 Å². The van der Waals surface area contributed by atoms with E-state index in [1.807, 2.05) is 23.9 Å². The predicted octanol–water partition coefficient (Wildman–Crippen LogP) is 6.15. The van der Waals surface area contributed by atoms with Crippen molar-refractivity contribution >= 4 is 28.8 Å². The number of nitrogens with zero attached hydrogens (tertiary/aromatic N) is 5. The van der Waals surface area contributed by atoms with Crippen molar-refractivity contribution in [2.45, 2.75) is 38.4 Å². The Kier molecular flexibility index (Phi) is 7.46. The summed E-state index contributed by atoms with van der Waals surface area (Å²) in [7, 11) is 1.52. The van der Waals surface area contributed by atoms with Gasteiger partial charge in [-0.15, -0.1) is 16.0 Å². The second-order valence-corrected chi connectivity index (χ2v) is 11.9.